The number of rotatable bonds is 9. The molecule has 0 fully saturated rings. The van der Waals surface area contributed by atoms with Crippen molar-refractivity contribution in [3.05, 3.63) is 64.3 Å². The van der Waals surface area contributed by atoms with Crippen LogP contribution < -0.4 is 0 Å². The zero-order valence-corrected chi connectivity index (χ0v) is 18.6. The normalized spacial score (nSPS) is 20.2. The van der Waals surface area contributed by atoms with Gasteiger partial charge >= 0.3 is 18.2 Å². The molecular formula is C22H25ClF3N3O3. The Morgan fingerprint density at radius 1 is 1.44 bits per heavy atom. The summed E-state index contributed by atoms with van der Waals surface area (Å²) in [6, 6.07) is 3.92. The molecule has 1 aliphatic heterocycles. The highest BCUT2D eigenvalue weighted by molar-refractivity contribution is 6.31. The molecule has 32 heavy (non-hydrogen) atoms. The molecule has 6 nitrogen and oxygen atoms in total. The molecule has 1 N–H and O–H groups in total. The molecule has 1 aromatic carbocycles. The van der Waals surface area contributed by atoms with Crippen LogP contribution in [0.1, 0.15) is 44.2 Å². The van der Waals surface area contributed by atoms with Crippen LogP contribution in [0.3, 0.4) is 0 Å². The van der Waals surface area contributed by atoms with E-state index in [1.807, 2.05) is 6.92 Å². The summed E-state index contributed by atoms with van der Waals surface area (Å²) in [7, 11) is 0. The van der Waals surface area contributed by atoms with Gasteiger partial charge in [0, 0.05) is 28.5 Å². The molecule has 10 heteroatoms. The van der Waals surface area contributed by atoms with E-state index in [0.29, 0.717) is 21.4 Å². The Labute approximate surface area is 189 Å². The van der Waals surface area contributed by atoms with Crippen molar-refractivity contribution < 1.29 is 32.6 Å². The summed E-state index contributed by atoms with van der Waals surface area (Å²) < 4.78 is 37.8. The molecule has 0 bridgehead atoms. The first-order valence-corrected chi connectivity index (χ1v) is 10.4. The smallest absolute Gasteiger partial charge is 0.483 e. The van der Waals surface area contributed by atoms with Crippen LogP contribution in [0.2, 0.25) is 5.02 Å². The summed E-state index contributed by atoms with van der Waals surface area (Å²) in [5.74, 6) is -1.39. The van der Waals surface area contributed by atoms with E-state index in [2.05, 4.69) is 6.58 Å². The van der Waals surface area contributed by atoms with Crippen molar-refractivity contribution in [2.24, 2.45) is 5.92 Å². The summed E-state index contributed by atoms with van der Waals surface area (Å²) in [5.41, 5.74) is 11.0. The molecule has 0 saturated heterocycles. The third kappa shape index (κ3) is 5.56. The van der Waals surface area contributed by atoms with Gasteiger partial charge in [-0.1, -0.05) is 36.7 Å². The van der Waals surface area contributed by atoms with Crippen LogP contribution >= 0.6 is 11.6 Å². The maximum Gasteiger partial charge on any atom is 0.483 e. The monoisotopic (exact) mass is 471 g/mol. The van der Waals surface area contributed by atoms with Gasteiger partial charge in [0.25, 0.3) is 0 Å². The standard InChI is InChI=1S/C22H25ClF3N3O3/c1-4-14(2)17-13-28(11-9-19(30)31)20(32)29(27)21(17,3)16-8-7-15(18(23)12-16)6-5-10-22(24,25)26/h4,7-8,12-14H,1,5-6,9-11H2,2-3H3,(H,30,31)/t14?,21-/m1/s1. The number of carboxylic acid groups (broad SMARTS) is 1. The molecule has 2 rings (SSSR count). The zero-order valence-electron chi connectivity index (χ0n) is 17.8. The van der Waals surface area contributed by atoms with Gasteiger partial charge in [-0.05, 0) is 31.4 Å². The summed E-state index contributed by atoms with van der Waals surface area (Å²) >= 11 is 6.34. The molecule has 2 atom stereocenters. The molecular weight excluding hydrogens is 447 g/mol. The van der Waals surface area contributed by atoms with Gasteiger partial charge in [0.05, 0.1) is 12.6 Å². The highest BCUT2D eigenvalue weighted by Gasteiger charge is 2.47. The zero-order chi connectivity index (χ0) is 24.3. The second-order valence-corrected chi connectivity index (χ2v) is 8.29. The molecule has 174 valence electrons. The van der Waals surface area contributed by atoms with Gasteiger partial charge in [0.15, 0.2) is 0 Å². The number of carbonyl (C=O) groups excluding carboxylic acids is 1. The fourth-order valence-electron chi connectivity index (χ4n) is 3.67. The largest absolute Gasteiger partial charge is 0.608 e. The maximum absolute atomic E-state index is 12.8. The first-order chi connectivity index (χ1) is 14.8. The molecule has 2 amide bonds. The minimum absolute atomic E-state index is 0.109. The predicted molar refractivity (Wildman–Crippen MR) is 113 cm³/mol. The minimum atomic E-state index is -4.24. The van der Waals surface area contributed by atoms with E-state index in [4.69, 9.17) is 16.7 Å². The Morgan fingerprint density at radius 2 is 2.09 bits per heavy atom. The first-order valence-electron chi connectivity index (χ1n) is 10.0. The quantitative estimate of drug-likeness (QED) is 0.349. The summed E-state index contributed by atoms with van der Waals surface area (Å²) in [5, 5.41) is 9.16. The molecule has 0 aromatic heterocycles. The van der Waals surface area contributed by atoms with Crippen LogP contribution in [0.5, 0.6) is 0 Å². The van der Waals surface area contributed by atoms with Gasteiger partial charge in [-0.2, -0.15) is 22.9 Å². The van der Waals surface area contributed by atoms with E-state index in [0.717, 1.165) is 4.90 Å². The summed E-state index contributed by atoms with van der Waals surface area (Å²) in [6.45, 7) is 7.06. The molecule has 1 heterocycles. The Morgan fingerprint density at radius 3 is 2.62 bits per heavy atom. The van der Waals surface area contributed by atoms with Gasteiger partial charge in [0.2, 0.25) is 0 Å². The highest BCUT2D eigenvalue weighted by Crippen LogP contribution is 2.42. The summed E-state index contributed by atoms with van der Waals surface area (Å²) in [4.78, 5) is 24.8. The number of hydrogen-bond acceptors (Lipinski definition) is 2. The van der Waals surface area contributed by atoms with Crippen LogP contribution in [0, 0.1) is 5.92 Å². The van der Waals surface area contributed by atoms with Crippen LogP contribution in [-0.2, 0) is 16.8 Å². The molecule has 1 aromatic rings. The molecule has 1 unspecified atom stereocenters. The van der Waals surface area contributed by atoms with Crippen molar-refractivity contribution in [2.45, 2.75) is 51.2 Å². The second-order valence-electron chi connectivity index (χ2n) is 7.89. The maximum atomic E-state index is 12.8. The average molecular weight is 472 g/mol. The predicted octanol–water partition coefficient (Wildman–Crippen LogP) is 6.09. The van der Waals surface area contributed by atoms with Gasteiger partial charge in [-0.15, -0.1) is 6.58 Å². The third-order valence-electron chi connectivity index (χ3n) is 5.64. The number of alkyl halides is 3. The van der Waals surface area contributed by atoms with Crippen molar-refractivity contribution >= 4 is 23.6 Å². The molecule has 1 aliphatic rings. The van der Waals surface area contributed by atoms with E-state index in [1.165, 1.54) is 12.3 Å². The van der Waals surface area contributed by atoms with Crippen LogP contribution in [-0.4, -0.2) is 39.4 Å². The SMILES string of the molecule is C=CC(C)C1=CN(CCC(=O)O)C(=O)[N+](=[N-])[C@]1(C)c1ccc(CCCC(F)(F)F)c(Cl)c1. The van der Waals surface area contributed by atoms with Crippen LogP contribution in [0.15, 0.2) is 42.6 Å². The number of allylic oxidation sites excluding steroid dienone is 1. The Hall–Kier alpha value is -2.68. The fourth-order valence-corrected chi connectivity index (χ4v) is 3.94. The number of aliphatic carboxylic acids is 1. The van der Waals surface area contributed by atoms with Crippen molar-refractivity contribution in [2.75, 3.05) is 6.54 Å². The van der Waals surface area contributed by atoms with Crippen molar-refractivity contribution in [3.63, 3.8) is 0 Å². The average Bonchev–Trinajstić information content (AvgIpc) is 2.71. The van der Waals surface area contributed by atoms with Gasteiger partial charge in [0.1, 0.15) is 12.1 Å². The van der Waals surface area contributed by atoms with Crippen molar-refractivity contribution in [1.29, 1.82) is 0 Å². The molecule has 0 radical (unpaired) electrons. The van der Waals surface area contributed by atoms with E-state index in [9.17, 15) is 28.3 Å². The number of hydrogen-bond donors (Lipinski definition) is 1. The lowest BCUT2D eigenvalue weighted by molar-refractivity contribution is -0.544. The Bertz CT molecular complexity index is 961. The Balaban J connectivity index is 2.44. The van der Waals surface area contributed by atoms with Crippen LogP contribution in [0.25, 0.3) is 5.53 Å². The lowest BCUT2D eigenvalue weighted by Crippen LogP contribution is -2.51. The molecule has 0 saturated carbocycles. The number of halogens is 4. The van der Waals surface area contributed by atoms with Crippen LogP contribution in [0.4, 0.5) is 18.0 Å². The third-order valence-corrected chi connectivity index (χ3v) is 5.99. The molecule has 0 aliphatic carbocycles. The molecule has 0 spiro atoms. The van der Waals surface area contributed by atoms with E-state index < -0.39 is 30.1 Å². The van der Waals surface area contributed by atoms with Crippen molar-refractivity contribution in [1.82, 2.24) is 4.90 Å². The lowest BCUT2D eigenvalue weighted by atomic mass is 9.77. The number of benzene rings is 1. The highest BCUT2D eigenvalue weighted by atomic mass is 35.5. The van der Waals surface area contributed by atoms with E-state index in [1.54, 1.807) is 25.1 Å². The lowest BCUT2D eigenvalue weighted by Gasteiger charge is -2.41. The summed E-state index contributed by atoms with van der Waals surface area (Å²) in [6.07, 6.45) is -2.31. The number of amides is 2. The number of carbonyl (C=O) groups is 2. The van der Waals surface area contributed by atoms with Gasteiger partial charge in [-0.25, -0.2) is 0 Å². The number of urea groups is 1. The van der Waals surface area contributed by atoms with E-state index >= 15 is 0 Å². The van der Waals surface area contributed by atoms with Gasteiger partial charge in [-0.3, -0.25) is 9.49 Å². The topological polar surface area (TPSA) is 82.9 Å². The minimum Gasteiger partial charge on any atom is -0.608 e. The first kappa shape index (κ1) is 25.6. The number of aryl methyl sites for hydroxylation is 1. The van der Waals surface area contributed by atoms with Gasteiger partial charge < -0.3 is 10.6 Å². The van der Waals surface area contributed by atoms with E-state index in [-0.39, 0.29) is 36.7 Å². The Kier molecular flexibility index (Phi) is 7.88. The van der Waals surface area contributed by atoms with Crippen molar-refractivity contribution in [3.8, 4) is 0 Å². The number of nitrogens with zero attached hydrogens (tertiary/aromatic N) is 3. The number of carboxylic acids is 1. The fraction of sp³-hybridized carbons (Fsp3) is 0.455. The second kappa shape index (κ2) is 9.85.